The van der Waals surface area contributed by atoms with Gasteiger partial charge < -0.3 is 14.8 Å². The molecule has 2 rings (SSSR count). The zero-order chi connectivity index (χ0) is 13.5. The minimum absolute atomic E-state index is 0.338. The van der Waals surface area contributed by atoms with Gasteiger partial charge in [0, 0.05) is 0 Å². The molecule has 1 saturated heterocycles. The van der Waals surface area contributed by atoms with E-state index in [1.807, 2.05) is 23.9 Å². The molecule has 0 radical (unpaired) electrons. The van der Waals surface area contributed by atoms with E-state index >= 15 is 0 Å². The average molecular weight is 283 g/mol. The van der Waals surface area contributed by atoms with E-state index in [1.165, 1.54) is 0 Å². The second kappa shape index (κ2) is 7.60. The van der Waals surface area contributed by atoms with E-state index in [0.29, 0.717) is 5.92 Å². The topological polar surface area (TPSA) is 62.5 Å². The molecule has 106 valence electrons. The van der Waals surface area contributed by atoms with Crippen molar-refractivity contribution in [3.8, 4) is 0 Å². The number of piperidine rings is 1. The smallest absolute Gasteiger partial charge is 0.320 e. The molecule has 2 N–H and O–H groups in total. The second-order valence-corrected chi connectivity index (χ2v) is 6.11. The number of hydrogen-bond acceptors (Lipinski definition) is 4. The van der Waals surface area contributed by atoms with Gasteiger partial charge in [-0.25, -0.2) is 0 Å². The van der Waals surface area contributed by atoms with E-state index in [4.69, 9.17) is 9.52 Å². The molecule has 2 heterocycles. The molecule has 1 fully saturated rings. The second-order valence-electron chi connectivity index (χ2n) is 5.01. The lowest BCUT2D eigenvalue weighted by Gasteiger charge is -2.27. The van der Waals surface area contributed by atoms with Crippen molar-refractivity contribution in [3.63, 3.8) is 0 Å². The van der Waals surface area contributed by atoms with E-state index in [1.54, 1.807) is 6.26 Å². The highest BCUT2D eigenvalue weighted by atomic mass is 32.2. The summed E-state index contributed by atoms with van der Waals surface area (Å²) in [5.74, 6) is 2.92. The van der Waals surface area contributed by atoms with Crippen LogP contribution in [0.5, 0.6) is 0 Å². The zero-order valence-corrected chi connectivity index (χ0v) is 11.8. The lowest BCUT2D eigenvalue weighted by molar-refractivity contribution is -0.140. The molecule has 1 aliphatic heterocycles. The lowest BCUT2D eigenvalue weighted by atomic mass is 9.89. The summed E-state index contributed by atoms with van der Waals surface area (Å²) in [7, 11) is 0. The van der Waals surface area contributed by atoms with Crippen molar-refractivity contribution in [1.82, 2.24) is 5.32 Å². The average Bonchev–Trinajstić information content (AvgIpc) is 2.92. The van der Waals surface area contributed by atoms with Crippen LogP contribution < -0.4 is 5.32 Å². The van der Waals surface area contributed by atoms with E-state index in [-0.39, 0.29) is 6.04 Å². The fourth-order valence-electron chi connectivity index (χ4n) is 2.49. The van der Waals surface area contributed by atoms with E-state index in [9.17, 15) is 4.79 Å². The monoisotopic (exact) mass is 283 g/mol. The molecule has 0 aromatic carbocycles. The number of aliphatic carboxylic acids is 1. The lowest BCUT2D eigenvalue weighted by Crippen LogP contribution is -2.43. The van der Waals surface area contributed by atoms with Crippen molar-refractivity contribution in [2.75, 3.05) is 12.3 Å². The van der Waals surface area contributed by atoms with Crippen molar-refractivity contribution in [2.45, 2.75) is 37.5 Å². The van der Waals surface area contributed by atoms with Crippen LogP contribution in [-0.4, -0.2) is 29.4 Å². The Morgan fingerprint density at radius 2 is 2.47 bits per heavy atom. The summed E-state index contributed by atoms with van der Waals surface area (Å²) in [6.07, 6.45) is 5.88. The van der Waals surface area contributed by atoms with Gasteiger partial charge >= 0.3 is 5.97 Å². The molecule has 1 aromatic heterocycles. The van der Waals surface area contributed by atoms with Gasteiger partial charge in [-0.15, -0.1) is 0 Å². The van der Waals surface area contributed by atoms with E-state index in [0.717, 1.165) is 49.5 Å². The first-order valence-corrected chi connectivity index (χ1v) is 7.97. The van der Waals surface area contributed by atoms with Crippen LogP contribution in [0.15, 0.2) is 22.8 Å². The number of carboxylic acid groups (broad SMARTS) is 1. The summed E-state index contributed by atoms with van der Waals surface area (Å²) >= 11 is 1.88. The molecule has 2 unspecified atom stereocenters. The van der Waals surface area contributed by atoms with Crippen LogP contribution in [0.1, 0.15) is 31.4 Å². The molecule has 1 aliphatic rings. The third kappa shape index (κ3) is 4.91. The third-order valence-electron chi connectivity index (χ3n) is 3.54. The number of furan rings is 1. The Morgan fingerprint density at radius 1 is 1.58 bits per heavy atom. The van der Waals surface area contributed by atoms with Gasteiger partial charge in [0.1, 0.15) is 11.8 Å². The molecular weight excluding hydrogens is 262 g/mol. The summed E-state index contributed by atoms with van der Waals surface area (Å²) in [5.41, 5.74) is 0. The number of carboxylic acids is 1. The van der Waals surface area contributed by atoms with E-state index < -0.39 is 5.97 Å². The van der Waals surface area contributed by atoms with Crippen LogP contribution in [0, 0.1) is 5.92 Å². The summed E-state index contributed by atoms with van der Waals surface area (Å²) in [6.45, 7) is 0.834. The van der Waals surface area contributed by atoms with Gasteiger partial charge in [0.05, 0.1) is 12.0 Å². The molecule has 0 saturated carbocycles. The van der Waals surface area contributed by atoms with Gasteiger partial charge in [0.25, 0.3) is 0 Å². The number of hydrogen-bond donors (Lipinski definition) is 2. The van der Waals surface area contributed by atoms with Gasteiger partial charge in [-0.05, 0) is 56.0 Å². The van der Waals surface area contributed by atoms with Crippen LogP contribution >= 0.6 is 11.8 Å². The molecule has 0 amide bonds. The van der Waals surface area contributed by atoms with Crippen LogP contribution in [0.3, 0.4) is 0 Å². The highest BCUT2D eigenvalue weighted by molar-refractivity contribution is 7.98. The quantitative estimate of drug-likeness (QED) is 0.753. The molecule has 19 heavy (non-hydrogen) atoms. The SMILES string of the molecule is O=C(O)C1CC(CCCSCc2ccco2)CCN1. The molecule has 0 spiro atoms. The summed E-state index contributed by atoms with van der Waals surface area (Å²) < 4.78 is 5.28. The Bertz CT molecular complexity index is 380. The predicted octanol–water partition coefficient (Wildman–Crippen LogP) is 2.75. The third-order valence-corrected chi connectivity index (χ3v) is 4.60. The molecular formula is C14H21NO3S. The molecule has 5 heteroatoms. The Balaban J connectivity index is 1.56. The molecule has 4 nitrogen and oxygen atoms in total. The number of rotatable bonds is 7. The molecule has 0 aliphatic carbocycles. The molecule has 2 atom stereocenters. The Labute approximate surface area is 117 Å². The maximum atomic E-state index is 10.9. The summed E-state index contributed by atoms with van der Waals surface area (Å²) in [6, 6.07) is 3.57. The predicted molar refractivity (Wildman–Crippen MR) is 76.3 cm³/mol. The fraction of sp³-hybridized carbons (Fsp3) is 0.643. The van der Waals surface area contributed by atoms with Crippen LogP contribution in [0.2, 0.25) is 0 Å². The maximum Gasteiger partial charge on any atom is 0.320 e. The van der Waals surface area contributed by atoms with Gasteiger partial charge in [0.2, 0.25) is 0 Å². The Morgan fingerprint density at radius 3 is 3.21 bits per heavy atom. The van der Waals surface area contributed by atoms with Crippen LogP contribution in [0.4, 0.5) is 0 Å². The normalized spacial score (nSPS) is 23.4. The minimum Gasteiger partial charge on any atom is -0.480 e. The fourth-order valence-corrected chi connectivity index (χ4v) is 3.37. The van der Waals surface area contributed by atoms with Crippen molar-refractivity contribution in [2.24, 2.45) is 5.92 Å². The highest BCUT2D eigenvalue weighted by Gasteiger charge is 2.25. The van der Waals surface area contributed by atoms with E-state index in [2.05, 4.69) is 5.32 Å². The van der Waals surface area contributed by atoms with Crippen LogP contribution in [0.25, 0.3) is 0 Å². The first kappa shape index (κ1) is 14.5. The van der Waals surface area contributed by atoms with Gasteiger partial charge in [-0.1, -0.05) is 0 Å². The Kier molecular flexibility index (Phi) is 5.79. The highest BCUT2D eigenvalue weighted by Crippen LogP contribution is 2.23. The largest absolute Gasteiger partial charge is 0.480 e. The first-order valence-electron chi connectivity index (χ1n) is 6.82. The van der Waals surface area contributed by atoms with Crippen molar-refractivity contribution < 1.29 is 14.3 Å². The summed E-state index contributed by atoms with van der Waals surface area (Å²) in [4.78, 5) is 10.9. The zero-order valence-electron chi connectivity index (χ0n) is 11.0. The number of carbonyl (C=O) groups is 1. The van der Waals surface area contributed by atoms with Gasteiger partial charge in [0.15, 0.2) is 0 Å². The standard InChI is InChI=1S/C14H21NO3S/c16-14(17)13-9-11(5-6-15-13)3-2-8-19-10-12-4-1-7-18-12/h1,4,7,11,13,15H,2-3,5-6,8-10H2,(H,16,17). The summed E-state index contributed by atoms with van der Waals surface area (Å²) in [5, 5.41) is 12.0. The maximum absolute atomic E-state index is 10.9. The molecule has 1 aromatic rings. The van der Waals surface area contributed by atoms with Crippen molar-refractivity contribution >= 4 is 17.7 Å². The molecule has 0 bridgehead atoms. The number of thioether (sulfide) groups is 1. The number of nitrogens with one attached hydrogen (secondary N) is 1. The Hall–Kier alpha value is -0.940. The van der Waals surface area contributed by atoms with Gasteiger partial charge in [-0.2, -0.15) is 11.8 Å². The van der Waals surface area contributed by atoms with Crippen molar-refractivity contribution in [3.05, 3.63) is 24.2 Å². The first-order chi connectivity index (χ1) is 9.25. The van der Waals surface area contributed by atoms with Crippen LogP contribution in [-0.2, 0) is 10.5 Å². The van der Waals surface area contributed by atoms with Crippen molar-refractivity contribution in [1.29, 1.82) is 0 Å². The minimum atomic E-state index is -0.711. The van der Waals surface area contributed by atoms with Gasteiger partial charge in [-0.3, -0.25) is 4.79 Å².